The van der Waals surface area contributed by atoms with Crippen LogP contribution in [0.5, 0.6) is 5.75 Å². The molecule has 0 unspecified atom stereocenters. The molecule has 3 rings (SSSR count). The molecule has 1 aliphatic rings. The number of carboxylic acids is 1. The van der Waals surface area contributed by atoms with Crippen LogP contribution in [0, 0.1) is 5.82 Å². The topological polar surface area (TPSA) is 58.6 Å². The molecule has 0 bridgehead atoms. The Labute approximate surface area is 159 Å². The third-order valence-corrected chi connectivity index (χ3v) is 5.30. The highest BCUT2D eigenvalue weighted by atomic mass is 19.1. The van der Waals surface area contributed by atoms with E-state index in [9.17, 15) is 9.18 Å². The van der Waals surface area contributed by atoms with Crippen LogP contribution in [0.25, 0.3) is 0 Å². The minimum atomic E-state index is -0.799. The van der Waals surface area contributed by atoms with E-state index in [1.54, 1.807) is 12.1 Å². The molecule has 1 fully saturated rings. The smallest absolute Gasteiger partial charge is 0.307 e. The lowest BCUT2D eigenvalue weighted by atomic mass is 9.96. The van der Waals surface area contributed by atoms with Gasteiger partial charge in [-0.1, -0.05) is 30.3 Å². The molecule has 0 radical (unpaired) electrons. The zero-order chi connectivity index (χ0) is 19.2. The molecule has 0 saturated heterocycles. The number of ether oxygens (including phenoxy) is 1. The third kappa shape index (κ3) is 5.30. The van der Waals surface area contributed by atoms with Crippen molar-refractivity contribution in [3.63, 3.8) is 0 Å². The fraction of sp³-hybridized carbons (Fsp3) is 0.409. The summed E-state index contributed by atoms with van der Waals surface area (Å²) < 4.78 is 18.5. The Balaban J connectivity index is 1.46. The van der Waals surface area contributed by atoms with E-state index < -0.39 is 5.97 Å². The summed E-state index contributed by atoms with van der Waals surface area (Å²) in [5.74, 6) is -0.319. The lowest BCUT2D eigenvalue weighted by Gasteiger charge is -2.14. The van der Waals surface area contributed by atoms with Gasteiger partial charge in [0, 0.05) is 6.04 Å². The van der Waals surface area contributed by atoms with E-state index in [4.69, 9.17) is 9.84 Å². The number of methoxy groups -OCH3 is 1. The van der Waals surface area contributed by atoms with Crippen LogP contribution in [0.15, 0.2) is 42.5 Å². The minimum Gasteiger partial charge on any atom is -0.494 e. The summed E-state index contributed by atoms with van der Waals surface area (Å²) in [6.45, 7) is 0.851. The maximum Gasteiger partial charge on any atom is 0.307 e. The minimum absolute atomic E-state index is 0.0727. The van der Waals surface area contributed by atoms with Crippen molar-refractivity contribution in [2.75, 3.05) is 13.7 Å². The summed E-state index contributed by atoms with van der Waals surface area (Å²) in [6.07, 6.45) is 4.27. The van der Waals surface area contributed by atoms with Crippen LogP contribution < -0.4 is 10.1 Å². The van der Waals surface area contributed by atoms with Crippen molar-refractivity contribution in [1.29, 1.82) is 0 Å². The fourth-order valence-electron chi connectivity index (χ4n) is 3.83. The van der Waals surface area contributed by atoms with E-state index in [2.05, 4.69) is 17.4 Å². The number of halogens is 1. The van der Waals surface area contributed by atoms with Gasteiger partial charge in [-0.15, -0.1) is 0 Å². The molecule has 4 nitrogen and oxygen atoms in total. The van der Waals surface area contributed by atoms with Crippen molar-refractivity contribution in [3.05, 3.63) is 65.0 Å². The predicted molar refractivity (Wildman–Crippen MR) is 103 cm³/mol. The van der Waals surface area contributed by atoms with Gasteiger partial charge in [0.25, 0.3) is 0 Å². The van der Waals surface area contributed by atoms with Crippen molar-refractivity contribution < 1.29 is 19.0 Å². The van der Waals surface area contributed by atoms with Gasteiger partial charge < -0.3 is 15.2 Å². The molecule has 1 aliphatic carbocycles. The number of carbonyl (C=O) groups is 1. The molecule has 0 amide bonds. The molecule has 0 aliphatic heterocycles. The summed E-state index contributed by atoms with van der Waals surface area (Å²) >= 11 is 0. The average Bonchev–Trinajstić information content (AvgIpc) is 3.12. The Morgan fingerprint density at radius 3 is 2.63 bits per heavy atom. The zero-order valence-corrected chi connectivity index (χ0v) is 15.6. The van der Waals surface area contributed by atoms with Gasteiger partial charge in [0.1, 0.15) is 0 Å². The molecule has 2 aromatic rings. The second-order valence-corrected chi connectivity index (χ2v) is 7.19. The molecule has 0 aromatic heterocycles. The van der Waals surface area contributed by atoms with Gasteiger partial charge in [-0.05, 0) is 67.0 Å². The molecule has 2 N–H and O–H groups in total. The van der Waals surface area contributed by atoms with Crippen LogP contribution in [-0.2, 0) is 17.6 Å². The van der Waals surface area contributed by atoms with Crippen LogP contribution in [0.1, 0.15) is 41.9 Å². The van der Waals surface area contributed by atoms with E-state index in [0.29, 0.717) is 17.7 Å². The first-order valence-corrected chi connectivity index (χ1v) is 9.41. The van der Waals surface area contributed by atoms with E-state index in [-0.39, 0.29) is 12.2 Å². The Hall–Kier alpha value is -2.40. The third-order valence-electron chi connectivity index (χ3n) is 5.30. The van der Waals surface area contributed by atoms with Crippen molar-refractivity contribution in [2.24, 2.45) is 0 Å². The Morgan fingerprint density at radius 1 is 1.19 bits per heavy atom. The molecule has 2 atom stereocenters. The lowest BCUT2D eigenvalue weighted by molar-refractivity contribution is -0.136. The first-order chi connectivity index (χ1) is 13.0. The van der Waals surface area contributed by atoms with Gasteiger partial charge in [0.2, 0.25) is 0 Å². The van der Waals surface area contributed by atoms with Gasteiger partial charge in [-0.25, -0.2) is 4.39 Å². The van der Waals surface area contributed by atoms with E-state index in [1.807, 2.05) is 12.1 Å². The molecule has 1 saturated carbocycles. The highest BCUT2D eigenvalue weighted by Crippen LogP contribution is 2.34. The second-order valence-electron chi connectivity index (χ2n) is 7.19. The molecule has 5 heteroatoms. The van der Waals surface area contributed by atoms with Crippen LogP contribution >= 0.6 is 0 Å². The standard InChI is InChI=1S/C22H26FNO3/c1-27-21-12-16(4-9-20(21)23)10-11-24-19-8-7-18(14-19)17-5-2-15(3-6-17)13-22(25)26/h2-6,9,12,18-19,24H,7-8,10-11,13-14H2,1H3,(H,25,26)/t18-,19+/m1/s1. The highest BCUT2D eigenvalue weighted by molar-refractivity contribution is 5.70. The van der Waals surface area contributed by atoms with Gasteiger partial charge in [-0.3, -0.25) is 4.79 Å². The molecule has 27 heavy (non-hydrogen) atoms. The number of rotatable bonds is 8. The van der Waals surface area contributed by atoms with E-state index in [0.717, 1.165) is 43.4 Å². The summed E-state index contributed by atoms with van der Waals surface area (Å²) in [5, 5.41) is 12.5. The number of hydrogen-bond acceptors (Lipinski definition) is 3. The Kier molecular flexibility index (Phi) is 6.45. The summed E-state index contributed by atoms with van der Waals surface area (Å²) in [4.78, 5) is 10.8. The molecule has 144 valence electrons. The quantitative estimate of drug-likeness (QED) is 0.738. The van der Waals surface area contributed by atoms with Gasteiger partial charge in [0.05, 0.1) is 13.5 Å². The normalized spacial score (nSPS) is 19.2. The number of benzene rings is 2. The number of hydrogen-bond donors (Lipinski definition) is 2. The molecule has 0 spiro atoms. The zero-order valence-electron chi connectivity index (χ0n) is 15.6. The van der Waals surface area contributed by atoms with E-state index in [1.165, 1.54) is 18.7 Å². The number of aliphatic carboxylic acids is 1. The van der Waals surface area contributed by atoms with Gasteiger partial charge in [0.15, 0.2) is 11.6 Å². The maximum atomic E-state index is 13.5. The maximum absolute atomic E-state index is 13.5. The van der Waals surface area contributed by atoms with Crippen LogP contribution in [-0.4, -0.2) is 30.8 Å². The van der Waals surface area contributed by atoms with Crippen molar-refractivity contribution in [3.8, 4) is 5.75 Å². The first kappa shape index (κ1) is 19.4. The molecular weight excluding hydrogens is 345 g/mol. The summed E-state index contributed by atoms with van der Waals surface area (Å²) in [5.41, 5.74) is 3.19. The van der Waals surface area contributed by atoms with Crippen molar-refractivity contribution in [1.82, 2.24) is 5.32 Å². The molecular formula is C22H26FNO3. The average molecular weight is 371 g/mol. The number of nitrogens with one attached hydrogen (secondary N) is 1. The van der Waals surface area contributed by atoms with Crippen LogP contribution in [0.3, 0.4) is 0 Å². The number of carboxylic acid groups (broad SMARTS) is 1. The monoisotopic (exact) mass is 371 g/mol. The second kappa shape index (κ2) is 9.00. The van der Waals surface area contributed by atoms with E-state index >= 15 is 0 Å². The van der Waals surface area contributed by atoms with Crippen molar-refractivity contribution >= 4 is 5.97 Å². The lowest BCUT2D eigenvalue weighted by Crippen LogP contribution is -2.28. The Morgan fingerprint density at radius 2 is 1.93 bits per heavy atom. The fourth-order valence-corrected chi connectivity index (χ4v) is 3.83. The largest absolute Gasteiger partial charge is 0.494 e. The first-order valence-electron chi connectivity index (χ1n) is 9.41. The molecule has 2 aromatic carbocycles. The Bertz CT molecular complexity index is 776. The highest BCUT2D eigenvalue weighted by Gasteiger charge is 2.25. The SMILES string of the molecule is COc1cc(CCN[C@H]2CC[C@@H](c3ccc(CC(=O)O)cc3)C2)ccc1F. The molecule has 0 heterocycles. The van der Waals surface area contributed by atoms with Gasteiger partial charge >= 0.3 is 5.97 Å². The summed E-state index contributed by atoms with van der Waals surface area (Å²) in [7, 11) is 1.48. The van der Waals surface area contributed by atoms with Crippen LogP contribution in [0.4, 0.5) is 4.39 Å². The van der Waals surface area contributed by atoms with Crippen molar-refractivity contribution in [2.45, 2.75) is 44.1 Å². The summed E-state index contributed by atoms with van der Waals surface area (Å²) in [6, 6.07) is 13.5. The van der Waals surface area contributed by atoms with Crippen LogP contribution in [0.2, 0.25) is 0 Å². The van der Waals surface area contributed by atoms with Gasteiger partial charge in [-0.2, -0.15) is 0 Å². The predicted octanol–water partition coefficient (Wildman–Crippen LogP) is 3.93.